The van der Waals surface area contributed by atoms with Crippen LogP contribution < -0.4 is 9.62 Å². The molecule has 0 saturated heterocycles. The third kappa shape index (κ3) is 9.29. The Balaban J connectivity index is 1.84. The van der Waals surface area contributed by atoms with E-state index >= 15 is 0 Å². The molecule has 0 bridgehead atoms. The molecule has 11 heteroatoms. The summed E-state index contributed by atoms with van der Waals surface area (Å²) in [6.45, 7) is 7.05. The van der Waals surface area contributed by atoms with Crippen molar-refractivity contribution in [2.24, 2.45) is 0 Å². The van der Waals surface area contributed by atoms with E-state index in [1.54, 1.807) is 30.3 Å². The second-order valence-corrected chi connectivity index (χ2v) is 14.6. The zero-order valence-electron chi connectivity index (χ0n) is 26.7. The van der Waals surface area contributed by atoms with Crippen LogP contribution in [0.5, 0.6) is 0 Å². The van der Waals surface area contributed by atoms with E-state index in [1.165, 1.54) is 29.2 Å². The molecule has 0 saturated carbocycles. The predicted octanol–water partition coefficient (Wildman–Crippen LogP) is 8.01. The molecule has 47 heavy (non-hydrogen) atoms. The van der Waals surface area contributed by atoms with Crippen LogP contribution in [0.1, 0.15) is 42.5 Å². The fourth-order valence-electron chi connectivity index (χ4n) is 4.97. The monoisotopic (exact) mass is 713 g/mol. The highest BCUT2D eigenvalue weighted by molar-refractivity contribution is 7.92. The van der Waals surface area contributed by atoms with Gasteiger partial charge in [-0.05, 0) is 98.0 Å². The maximum atomic E-state index is 14.6. The third-order valence-corrected chi connectivity index (χ3v) is 10.8. The van der Waals surface area contributed by atoms with Gasteiger partial charge in [-0.25, -0.2) is 8.42 Å². The molecule has 2 atom stereocenters. The number of hydrogen-bond donors (Lipinski definition) is 1. The van der Waals surface area contributed by atoms with Crippen molar-refractivity contribution < 1.29 is 18.0 Å². The molecule has 0 heterocycles. The summed E-state index contributed by atoms with van der Waals surface area (Å²) in [5.74, 6) is -0.929. The fourth-order valence-corrected chi connectivity index (χ4v) is 6.83. The Labute approximate surface area is 292 Å². The lowest BCUT2D eigenvalue weighted by molar-refractivity contribution is -0.140. The predicted molar refractivity (Wildman–Crippen MR) is 191 cm³/mol. The number of anilines is 1. The van der Waals surface area contributed by atoms with Crippen LogP contribution in [-0.2, 0) is 32.6 Å². The molecule has 4 aromatic rings. The van der Waals surface area contributed by atoms with E-state index in [4.69, 9.17) is 34.8 Å². The Morgan fingerprint density at radius 2 is 1.49 bits per heavy atom. The number of nitrogens with zero attached hydrogens (tertiary/aromatic N) is 2. The van der Waals surface area contributed by atoms with E-state index in [-0.39, 0.29) is 29.8 Å². The smallest absolute Gasteiger partial charge is 0.264 e. The number of carbonyl (C=O) groups excluding carboxylic acids is 2. The van der Waals surface area contributed by atoms with Gasteiger partial charge in [0.15, 0.2) is 0 Å². The molecule has 1 N–H and O–H groups in total. The van der Waals surface area contributed by atoms with Crippen molar-refractivity contribution in [2.75, 3.05) is 10.8 Å². The zero-order valence-corrected chi connectivity index (χ0v) is 29.8. The largest absolute Gasteiger partial charge is 0.352 e. The van der Waals surface area contributed by atoms with Gasteiger partial charge in [0, 0.05) is 24.0 Å². The number of amides is 2. The highest BCUT2D eigenvalue weighted by Crippen LogP contribution is 2.29. The van der Waals surface area contributed by atoms with E-state index in [0.717, 1.165) is 21.0 Å². The highest BCUT2D eigenvalue weighted by Gasteiger charge is 2.35. The summed E-state index contributed by atoms with van der Waals surface area (Å²) in [6.07, 6.45) is 0.883. The van der Waals surface area contributed by atoms with Crippen molar-refractivity contribution in [2.45, 2.75) is 64.1 Å². The molecular formula is C36H38Cl3N3O4S. The minimum Gasteiger partial charge on any atom is -0.352 e. The number of halogens is 3. The number of sulfonamides is 1. The summed E-state index contributed by atoms with van der Waals surface area (Å²) < 4.78 is 29.5. The summed E-state index contributed by atoms with van der Waals surface area (Å²) >= 11 is 18.6. The van der Waals surface area contributed by atoms with Gasteiger partial charge in [-0.2, -0.15) is 0 Å². The van der Waals surface area contributed by atoms with E-state index < -0.39 is 28.5 Å². The molecular weight excluding hydrogens is 677 g/mol. The average Bonchev–Trinajstić information content (AvgIpc) is 3.05. The van der Waals surface area contributed by atoms with E-state index in [9.17, 15) is 18.0 Å². The first-order valence-corrected chi connectivity index (χ1v) is 17.8. The fraction of sp³-hybridized carbons (Fsp3) is 0.278. The number of nitrogens with one attached hydrogen (secondary N) is 1. The van der Waals surface area contributed by atoms with Gasteiger partial charge in [0.2, 0.25) is 11.8 Å². The standard InChI is InChI=1S/C36H38Cl3N3O4S/c1-5-26(4)40-36(44)34(21-27-9-7-6-8-10-27)41(22-28-12-18-32(38)33(39)20-28)35(43)23-42(30-15-11-24(2)25(3)19-30)47(45,46)31-16-13-29(37)14-17-31/h6-20,26,34H,5,21-23H2,1-4H3,(H,40,44). The van der Waals surface area contributed by atoms with Crippen molar-refractivity contribution in [1.29, 1.82) is 0 Å². The topological polar surface area (TPSA) is 86.8 Å². The SMILES string of the molecule is CCC(C)NC(=O)C(Cc1ccccc1)N(Cc1ccc(Cl)c(Cl)c1)C(=O)CN(c1ccc(C)c(C)c1)S(=O)(=O)c1ccc(Cl)cc1. The molecule has 0 spiro atoms. The Kier molecular flexibility index (Phi) is 12.4. The van der Waals surface area contributed by atoms with Crippen molar-refractivity contribution in [3.8, 4) is 0 Å². The molecule has 4 aromatic carbocycles. The van der Waals surface area contributed by atoms with Crippen LogP contribution in [0.3, 0.4) is 0 Å². The minimum absolute atomic E-state index is 0.0249. The Bertz CT molecular complexity index is 1820. The average molecular weight is 715 g/mol. The summed E-state index contributed by atoms with van der Waals surface area (Å²) in [5, 5.41) is 4.04. The van der Waals surface area contributed by atoms with Gasteiger partial charge < -0.3 is 10.2 Å². The van der Waals surface area contributed by atoms with Crippen molar-refractivity contribution in [3.05, 3.63) is 128 Å². The van der Waals surface area contributed by atoms with Crippen LogP contribution in [0.25, 0.3) is 0 Å². The van der Waals surface area contributed by atoms with Crippen LogP contribution >= 0.6 is 34.8 Å². The summed E-state index contributed by atoms with van der Waals surface area (Å²) in [4.78, 5) is 30.0. The van der Waals surface area contributed by atoms with Crippen LogP contribution in [-0.4, -0.2) is 43.8 Å². The Hall–Kier alpha value is -3.56. The number of rotatable bonds is 13. The van der Waals surface area contributed by atoms with Crippen LogP contribution in [0.2, 0.25) is 15.1 Å². The van der Waals surface area contributed by atoms with Crippen LogP contribution in [0.4, 0.5) is 5.69 Å². The molecule has 2 unspecified atom stereocenters. The van der Waals surface area contributed by atoms with Crippen LogP contribution in [0.15, 0.2) is 95.9 Å². The van der Waals surface area contributed by atoms with E-state index in [1.807, 2.05) is 64.1 Å². The molecule has 0 aliphatic heterocycles. The van der Waals surface area contributed by atoms with Crippen molar-refractivity contribution >= 4 is 62.3 Å². The van der Waals surface area contributed by atoms with Gasteiger partial charge in [-0.1, -0.05) is 84.2 Å². The second kappa shape index (κ2) is 16.0. The molecule has 7 nitrogen and oxygen atoms in total. The molecule has 0 aliphatic rings. The molecule has 0 fully saturated rings. The van der Waals surface area contributed by atoms with E-state index in [0.29, 0.717) is 32.7 Å². The lowest BCUT2D eigenvalue weighted by atomic mass is 10.0. The summed E-state index contributed by atoms with van der Waals surface area (Å²) in [7, 11) is -4.25. The van der Waals surface area contributed by atoms with E-state index in [2.05, 4.69) is 5.32 Å². The van der Waals surface area contributed by atoms with Gasteiger partial charge in [0.25, 0.3) is 10.0 Å². The zero-order chi connectivity index (χ0) is 34.3. The number of benzene rings is 4. The first-order chi connectivity index (χ1) is 22.3. The first-order valence-electron chi connectivity index (χ1n) is 15.2. The number of hydrogen-bond acceptors (Lipinski definition) is 4. The second-order valence-electron chi connectivity index (χ2n) is 11.5. The summed E-state index contributed by atoms with van der Waals surface area (Å²) in [6, 6.07) is 24.2. The Morgan fingerprint density at radius 1 is 0.809 bits per heavy atom. The number of aryl methyl sites for hydroxylation is 2. The molecule has 248 valence electrons. The van der Waals surface area contributed by atoms with Gasteiger partial charge >= 0.3 is 0 Å². The molecule has 0 aromatic heterocycles. The van der Waals surface area contributed by atoms with Crippen LogP contribution in [0, 0.1) is 13.8 Å². The van der Waals surface area contributed by atoms with Gasteiger partial charge in [0.1, 0.15) is 12.6 Å². The van der Waals surface area contributed by atoms with Gasteiger partial charge in [0.05, 0.1) is 20.6 Å². The normalized spacial score (nSPS) is 12.7. The van der Waals surface area contributed by atoms with Crippen molar-refractivity contribution in [3.63, 3.8) is 0 Å². The molecule has 0 aliphatic carbocycles. The van der Waals surface area contributed by atoms with Gasteiger partial charge in [-0.15, -0.1) is 0 Å². The van der Waals surface area contributed by atoms with Crippen molar-refractivity contribution in [1.82, 2.24) is 10.2 Å². The quantitative estimate of drug-likeness (QED) is 0.152. The molecule has 2 amide bonds. The highest BCUT2D eigenvalue weighted by atomic mass is 35.5. The summed E-state index contributed by atoms with van der Waals surface area (Å²) in [5.41, 5.74) is 3.60. The first kappa shape index (κ1) is 36.3. The maximum Gasteiger partial charge on any atom is 0.264 e. The molecule has 0 radical (unpaired) electrons. The molecule has 4 rings (SSSR count). The lowest BCUT2D eigenvalue weighted by Crippen LogP contribution is -2.54. The number of carbonyl (C=O) groups is 2. The third-order valence-electron chi connectivity index (χ3n) is 8.07. The Morgan fingerprint density at radius 3 is 2.11 bits per heavy atom. The van der Waals surface area contributed by atoms with Gasteiger partial charge in [-0.3, -0.25) is 13.9 Å². The lowest BCUT2D eigenvalue weighted by Gasteiger charge is -2.34. The maximum absolute atomic E-state index is 14.6. The minimum atomic E-state index is -4.25.